The van der Waals surface area contributed by atoms with E-state index in [0.29, 0.717) is 24.2 Å². The average molecular weight is 515 g/mol. The van der Waals surface area contributed by atoms with E-state index < -0.39 is 0 Å². The van der Waals surface area contributed by atoms with Crippen LogP contribution >= 0.6 is 0 Å². The van der Waals surface area contributed by atoms with Crippen molar-refractivity contribution in [2.45, 2.75) is 68.4 Å². The Morgan fingerprint density at radius 1 is 0.763 bits per heavy atom. The number of hydrogen-bond acceptors (Lipinski definition) is 4. The largest absolute Gasteiger partial charge is 0.338 e. The van der Waals surface area contributed by atoms with Crippen LogP contribution < -0.4 is 0 Å². The molecule has 2 unspecified atom stereocenters. The number of piperidine rings is 1. The van der Waals surface area contributed by atoms with Crippen molar-refractivity contribution in [1.82, 2.24) is 19.6 Å². The van der Waals surface area contributed by atoms with Crippen molar-refractivity contribution in [3.05, 3.63) is 71.8 Å². The zero-order chi connectivity index (χ0) is 26.0. The van der Waals surface area contributed by atoms with E-state index in [9.17, 15) is 4.79 Å². The molecule has 5 heteroatoms. The second-order valence-corrected chi connectivity index (χ2v) is 12.4. The van der Waals surface area contributed by atoms with Gasteiger partial charge in [0.2, 0.25) is 5.91 Å². The van der Waals surface area contributed by atoms with E-state index >= 15 is 0 Å². The third-order valence-electron chi connectivity index (χ3n) is 10.2. The van der Waals surface area contributed by atoms with Crippen LogP contribution in [0.25, 0.3) is 0 Å². The monoisotopic (exact) mass is 514 g/mol. The Kier molecular flexibility index (Phi) is 7.87. The molecule has 38 heavy (non-hydrogen) atoms. The van der Waals surface area contributed by atoms with Gasteiger partial charge in [-0.05, 0) is 63.4 Å². The highest BCUT2D eigenvalue weighted by atomic mass is 16.2. The molecule has 4 aliphatic heterocycles. The van der Waals surface area contributed by atoms with E-state index in [0.717, 1.165) is 45.7 Å². The summed E-state index contributed by atoms with van der Waals surface area (Å²) in [6.07, 6.45) is 8.07. The molecule has 4 heterocycles. The maximum absolute atomic E-state index is 14.2. The van der Waals surface area contributed by atoms with E-state index in [1.54, 1.807) is 0 Å². The number of likely N-dealkylation sites (N-methyl/N-ethyl adjacent to an activating group) is 1. The Morgan fingerprint density at radius 2 is 1.34 bits per heavy atom. The molecule has 5 fully saturated rings. The molecular formula is C33H46N4O. The first-order valence-corrected chi connectivity index (χ1v) is 15.2. The third-order valence-corrected chi connectivity index (χ3v) is 10.2. The maximum atomic E-state index is 14.2. The van der Waals surface area contributed by atoms with Crippen LogP contribution in [0.4, 0.5) is 0 Å². The molecule has 0 spiro atoms. The lowest BCUT2D eigenvalue weighted by Crippen LogP contribution is -2.56. The van der Waals surface area contributed by atoms with Crippen LogP contribution in [0.3, 0.4) is 0 Å². The summed E-state index contributed by atoms with van der Waals surface area (Å²) in [5.74, 6) is 1.10. The molecule has 5 nitrogen and oxygen atoms in total. The summed E-state index contributed by atoms with van der Waals surface area (Å²) in [6.45, 7) is 8.57. The molecule has 2 atom stereocenters. The highest BCUT2D eigenvalue weighted by Crippen LogP contribution is 2.54. The normalized spacial score (nSPS) is 31.3. The first-order chi connectivity index (χ1) is 18.6. The lowest BCUT2D eigenvalue weighted by atomic mass is 9.63. The molecule has 204 valence electrons. The molecule has 0 radical (unpaired) electrons. The Morgan fingerprint density at radius 3 is 1.92 bits per heavy atom. The van der Waals surface area contributed by atoms with Crippen LogP contribution in [0.1, 0.15) is 67.9 Å². The molecule has 0 N–H and O–H groups in total. The van der Waals surface area contributed by atoms with Gasteiger partial charge >= 0.3 is 0 Å². The van der Waals surface area contributed by atoms with Crippen LogP contribution in [0.15, 0.2) is 60.7 Å². The lowest BCUT2D eigenvalue weighted by molar-refractivity contribution is -0.134. The number of likely N-dealkylation sites (tertiary alicyclic amines) is 1. The smallest absolute Gasteiger partial charge is 0.224 e. The molecule has 7 rings (SSSR count). The number of carbonyl (C=O) groups excluding carboxylic acids is 1. The predicted molar refractivity (Wildman–Crippen MR) is 154 cm³/mol. The summed E-state index contributed by atoms with van der Waals surface area (Å²) in [6, 6.07) is 22.6. The minimum absolute atomic E-state index is 0.171. The van der Waals surface area contributed by atoms with Crippen molar-refractivity contribution in [2.24, 2.45) is 0 Å². The summed E-state index contributed by atoms with van der Waals surface area (Å²) in [5, 5.41) is 0. The number of rotatable bonds is 6. The zero-order valence-corrected chi connectivity index (χ0v) is 23.3. The predicted octanol–water partition coefficient (Wildman–Crippen LogP) is 4.81. The number of nitrogens with zero attached hydrogens (tertiary/aromatic N) is 4. The third kappa shape index (κ3) is 5.30. The van der Waals surface area contributed by atoms with Gasteiger partial charge in [-0.1, -0.05) is 67.1 Å². The Labute approximate surface area is 229 Å². The first-order valence-electron chi connectivity index (χ1n) is 15.2. The maximum Gasteiger partial charge on any atom is 0.224 e. The van der Waals surface area contributed by atoms with Gasteiger partial charge in [-0.2, -0.15) is 0 Å². The summed E-state index contributed by atoms with van der Waals surface area (Å²) < 4.78 is 0. The van der Waals surface area contributed by atoms with Crippen LogP contribution in [-0.2, 0) is 4.79 Å². The number of fused-ring (bicyclic) bond motifs is 4. The summed E-state index contributed by atoms with van der Waals surface area (Å²) in [4.78, 5) is 24.3. The summed E-state index contributed by atoms with van der Waals surface area (Å²) in [7, 11) is 2.20. The number of carbonyl (C=O) groups is 1. The summed E-state index contributed by atoms with van der Waals surface area (Å²) in [5.41, 5.74) is 3.00. The van der Waals surface area contributed by atoms with Gasteiger partial charge in [0, 0.05) is 69.1 Å². The minimum atomic E-state index is 0.171. The average Bonchev–Trinajstić information content (AvgIpc) is 3.26. The minimum Gasteiger partial charge on any atom is -0.338 e. The SMILES string of the molecule is CN1CCN(CCC(=O)N2CCC3(N4CCCCC4)CC(c4ccccc4)C2C(c2ccccc2)C3)CC1. The van der Waals surface area contributed by atoms with E-state index in [-0.39, 0.29) is 11.6 Å². The van der Waals surface area contributed by atoms with Crippen molar-refractivity contribution in [1.29, 1.82) is 0 Å². The van der Waals surface area contributed by atoms with Crippen molar-refractivity contribution in [3.8, 4) is 0 Å². The molecule has 1 amide bonds. The van der Waals surface area contributed by atoms with Gasteiger partial charge in [0.15, 0.2) is 0 Å². The number of amides is 1. The van der Waals surface area contributed by atoms with E-state index in [1.807, 2.05) is 0 Å². The lowest BCUT2D eigenvalue weighted by Gasteiger charge is -2.53. The van der Waals surface area contributed by atoms with Gasteiger partial charge < -0.3 is 14.7 Å². The van der Waals surface area contributed by atoms with Gasteiger partial charge in [-0.15, -0.1) is 0 Å². The number of hydrogen-bond donors (Lipinski definition) is 0. The molecule has 0 aromatic heterocycles. The number of piperazine rings is 1. The van der Waals surface area contributed by atoms with Crippen LogP contribution in [0.5, 0.6) is 0 Å². The van der Waals surface area contributed by atoms with Gasteiger partial charge in [0.25, 0.3) is 0 Å². The molecule has 2 aromatic rings. The number of benzene rings is 2. The van der Waals surface area contributed by atoms with Gasteiger partial charge in [-0.3, -0.25) is 9.69 Å². The molecule has 1 aliphatic carbocycles. The Balaban J connectivity index is 1.35. The van der Waals surface area contributed by atoms with Crippen molar-refractivity contribution >= 4 is 5.91 Å². The van der Waals surface area contributed by atoms with Crippen molar-refractivity contribution < 1.29 is 4.79 Å². The van der Waals surface area contributed by atoms with E-state index in [2.05, 4.69) is 87.3 Å². The summed E-state index contributed by atoms with van der Waals surface area (Å²) >= 11 is 0. The fraction of sp³-hybridized carbons (Fsp3) is 0.606. The second-order valence-electron chi connectivity index (χ2n) is 12.4. The second kappa shape index (κ2) is 11.5. The van der Waals surface area contributed by atoms with E-state index in [1.165, 1.54) is 56.3 Å². The van der Waals surface area contributed by atoms with Crippen LogP contribution in [0.2, 0.25) is 0 Å². The standard InChI is InChI=1S/C33H46N4O/c1-34-21-23-35(24-22-34)19-15-31(38)37-20-16-33(36-17-9-4-10-18-36)25-29(27-11-5-2-6-12-27)32(37)30(26-33)28-13-7-3-8-14-28/h2-3,5-8,11-14,29-30,32H,4,9-10,15-26H2,1H3. The molecule has 2 bridgehead atoms. The Hall–Kier alpha value is -2.21. The van der Waals surface area contributed by atoms with Crippen molar-refractivity contribution in [2.75, 3.05) is 59.4 Å². The highest BCUT2D eigenvalue weighted by molar-refractivity contribution is 5.77. The fourth-order valence-corrected chi connectivity index (χ4v) is 8.12. The molecule has 1 saturated carbocycles. The van der Waals surface area contributed by atoms with Gasteiger partial charge in [-0.25, -0.2) is 0 Å². The van der Waals surface area contributed by atoms with Crippen LogP contribution in [-0.4, -0.2) is 96.5 Å². The highest BCUT2D eigenvalue weighted by Gasteiger charge is 2.54. The molecule has 2 aromatic carbocycles. The fourth-order valence-electron chi connectivity index (χ4n) is 8.12. The van der Waals surface area contributed by atoms with E-state index in [4.69, 9.17) is 0 Å². The molecule has 5 aliphatic rings. The van der Waals surface area contributed by atoms with Gasteiger partial charge in [0.05, 0.1) is 0 Å². The first kappa shape index (κ1) is 26.0. The van der Waals surface area contributed by atoms with Gasteiger partial charge in [0.1, 0.15) is 0 Å². The topological polar surface area (TPSA) is 30.0 Å². The zero-order valence-electron chi connectivity index (χ0n) is 23.3. The molecular weight excluding hydrogens is 468 g/mol. The quantitative estimate of drug-likeness (QED) is 0.553. The Bertz CT molecular complexity index is 996. The van der Waals surface area contributed by atoms with Crippen LogP contribution in [0, 0.1) is 0 Å². The molecule has 4 saturated heterocycles. The van der Waals surface area contributed by atoms with Crippen molar-refractivity contribution in [3.63, 3.8) is 0 Å².